The number of carbonyl (C=O) groups excluding carboxylic acids is 1. The van der Waals surface area contributed by atoms with E-state index in [0.29, 0.717) is 21.4 Å². The van der Waals surface area contributed by atoms with Crippen LogP contribution in [0.3, 0.4) is 0 Å². The largest absolute Gasteiger partial charge is 0.398 e. The third kappa shape index (κ3) is 5.38. The van der Waals surface area contributed by atoms with Crippen molar-refractivity contribution < 1.29 is 4.79 Å². The highest BCUT2D eigenvalue weighted by Gasteiger charge is 2.32. The van der Waals surface area contributed by atoms with Gasteiger partial charge in [0.05, 0.1) is 33.5 Å². The highest BCUT2D eigenvalue weighted by molar-refractivity contribution is 6.33. The second kappa shape index (κ2) is 10.6. The van der Waals surface area contributed by atoms with Crippen LogP contribution in [0.1, 0.15) is 13.8 Å². The van der Waals surface area contributed by atoms with Crippen LogP contribution in [-0.2, 0) is 4.79 Å². The Morgan fingerprint density at radius 1 is 0.706 bits per heavy atom. The first-order valence-electron chi connectivity index (χ1n) is 11.9. The molecule has 34 heavy (non-hydrogen) atoms. The van der Waals surface area contributed by atoms with Gasteiger partial charge in [-0.05, 0) is 50.2 Å². The molecule has 7 nitrogen and oxygen atoms in total. The standard InChI is InChI=1S/C25H34Cl2N6O/c1-17(30-7-11-32(12-8-30)19-3-5-23(28)21(26)15-19)25(34)18(2)31-9-13-33(14-10-31)20-4-6-24(29)22(27)16-20/h3-6,15-18H,7-14,28-29H2,1-2H3. The van der Waals surface area contributed by atoms with Gasteiger partial charge in [0.1, 0.15) is 0 Å². The summed E-state index contributed by atoms with van der Waals surface area (Å²) in [6.45, 7) is 10.9. The molecule has 184 valence electrons. The van der Waals surface area contributed by atoms with Crippen LogP contribution in [0.2, 0.25) is 10.0 Å². The van der Waals surface area contributed by atoms with Gasteiger partial charge in [-0.2, -0.15) is 0 Å². The number of halogens is 2. The summed E-state index contributed by atoms with van der Waals surface area (Å²) in [5.41, 5.74) is 15.0. The molecule has 0 bridgehead atoms. The molecule has 2 saturated heterocycles. The fourth-order valence-corrected chi connectivity index (χ4v) is 5.22. The molecule has 4 rings (SSSR count). The number of rotatable bonds is 6. The number of nitrogens with zero attached hydrogens (tertiary/aromatic N) is 4. The maximum Gasteiger partial charge on any atom is 0.166 e. The predicted octanol–water partition coefficient (Wildman–Crippen LogP) is 3.45. The van der Waals surface area contributed by atoms with E-state index in [4.69, 9.17) is 34.7 Å². The van der Waals surface area contributed by atoms with E-state index in [1.165, 1.54) is 0 Å². The molecule has 2 fully saturated rings. The quantitative estimate of drug-likeness (QED) is 0.582. The topological polar surface area (TPSA) is 82.1 Å². The van der Waals surface area contributed by atoms with E-state index < -0.39 is 0 Å². The van der Waals surface area contributed by atoms with Crippen LogP contribution in [0.25, 0.3) is 0 Å². The molecule has 2 unspecified atom stereocenters. The Labute approximate surface area is 212 Å². The van der Waals surface area contributed by atoms with Gasteiger partial charge < -0.3 is 21.3 Å². The average molecular weight is 505 g/mol. The molecule has 2 aliphatic heterocycles. The van der Waals surface area contributed by atoms with Gasteiger partial charge in [0.25, 0.3) is 0 Å². The van der Waals surface area contributed by atoms with E-state index in [9.17, 15) is 4.79 Å². The van der Waals surface area contributed by atoms with E-state index in [-0.39, 0.29) is 17.9 Å². The summed E-state index contributed by atoms with van der Waals surface area (Å²) < 4.78 is 0. The number of nitrogens with two attached hydrogens (primary N) is 2. The van der Waals surface area contributed by atoms with Gasteiger partial charge in [0, 0.05) is 63.7 Å². The minimum Gasteiger partial charge on any atom is -0.398 e. The van der Waals surface area contributed by atoms with Crippen molar-refractivity contribution in [2.24, 2.45) is 0 Å². The van der Waals surface area contributed by atoms with Crippen LogP contribution in [0, 0.1) is 0 Å². The minimum atomic E-state index is -0.110. The maximum atomic E-state index is 13.3. The number of anilines is 4. The summed E-state index contributed by atoms with van der Waals surface area (Å²) in [5, 5.41) is 1.16. The summed E-state index contributed by atoms with van der Waals surface area (Å²) in [6.07, 6.45) is 0. The molecule has 0 spiro atoms. The van der Waals surface area contributed by atoms with E-state index in [2.05, 4.69) is 19.6 Å². The zero-order chi connectivity index (χ0) is 24.4. The highest BCUT2D eigenvalue weighted by Crippen LogP contribution is 2.28. The first-order chi connectivity index (χ1) is 16.2. The molecule has 0 amide bonds. The molecule has 0 aliphatic carbocycles. The molecule has 2 aromatic rings. The Balaban J connectivity index is 1.28. The second-order valence-electron chi connectivity index (χ2n) is 9.21. The Kier molecular flexibility index (Phi) is 7.77. The van der Waals surface area contributed by atoms with Gasteiger partial charge in [-0.25, -0.2) is 0 Å². The fraction of sp³-hybridized carbons (Fsp3) is 0.480. The Morgan fingerprint density at radius 2 is 1.06 bits per heavy atom. The second-order valence-corrected chi connectivity index (χ2v) is 10.0. The number of nitrogen functional groups attached to an aromatic ring is 2. The highest BCUT2D eigenvalue weighted by atomic mass is 35.5. The molecule has 0 saturated carbocycles. The smallest absolute Gasteiger partial charge is 0.166 e. The number of hydrogen-bond acceptors (Lipinski definition) is 7. The molecule has 2 heterocycles. The molecule has 9 heteroatoms. The van der Waals surface area contributed by atoms with Crippen molar-refractivity contribution in [1.82, 2.24) is 9.80 Å². The summed E-state index contributed by atoms with van der Waals surface area (Å²) in [6, 6.07) is 11.3. The van der Waals surface area contributed by atoms with Crippen molar-refractivity contribution in [2.45, 2.75) is 25.9 Å². The zero-order valence-corrected chi connectivity index (χ0v) is 21.4. The molecule has 2 aromatic carbocycles. The minimum absolute atomic E-state index is 0.110. The first-order valence-corrected chi connectivity index (χ1v) is 12.6. The fourth-order valence-electron chi connectivity index (χ4n) is 4.87. The Hall–Kier alpha value is -2.19. The third-order valence-electron chi connectivity index (χ3n) is 7.25. The number of benzene rings is 2. The lowest BCUT2D eigenvalue weighted by molar-refractivity contribution is -0.128. The summed E-state index contributed by atoms with van der Waals surface area (Å²) >= 11 is 12.4. The lowest BCUT2D eigenvalue weighted by Gasteiger charge is -2.42. The van der Waals surface area contributed by atoms with Crippen molar-refractivity contribution in [2.75, 3.05) is 73.6 Å². The number of hydrogen-bond donors (Lipinski definition) is 2. The molecule has 0 radical (unpaired) electrons. The lowest BCUT2D eigenvalue weighted by Crippen LogP contribution is -2.57. The predicted molar refractivity (Wildman–Crippen MR) is 143 cm³/mol. The van der Waals surface area contributed by atoms with Gasteiger partial charge in [-0.1, -0.05) is 23.2 Å². The van der Waals surface area contributed by atoms with Gasteiger partial charge in [-0.3, -0.25) is 14.6 Å². The van der Waals surface area contributed by atoms with Gasteiger partial charge in [0.15, 0.2) is 5.78 Å². The SMILES string of the molecule is CC(C(=O)C(C)N1CCN(c2ccc(N)c(Cl)c2)CC1)N1CCN(c2ccc(N)c(Cl)c2)CC1. The van der Waals surface area contributed by atoms with Crippen molar-refractivity contribution in [1.29, 1.82) is 0 Å². The van der Waals surface area contributed by atoms with E-state index >= 15 is 0 Å². The first kappa shape index (κ1) is 24.9. The molecule has 2 aliphatic rings. The maximum absolute atomic E-state index is 13.3. The lowest BCUT2D eigenvalue weighted by atomic mass is 10.0. The molecule has 4 N–H and O–H groups in total. The van der Waals surface area contributed by atoms with Crippen LogP contribution in [0.15, 0.2) is 36.4 Å². The number of ketones is 1. The zero-order valence-electron chi connectivity index (χ0n) is 19.9. The summed E-state index contributed by atoms with van der Waals surface area (Å²) in [5.74, 6) is 0.285. The molecular weight excluding hydrogens is 471 g/mol. The molecular formula is C25H34Cl2N6O. The van der Waals surface area contributed by atoms with Gasteiger partial charge in [-0.15, -0.1) is 0 Å². The Bertz CT molecular complexity index is 939. The van der Waals surface area contributed by atoms with Gasteiger partial charge >= 0.3 is 0 Å². The van der Waals surface area contributed by atoms with E-state index in [0.717, 1.165) is 63.7 Å². The van der Waals surface area contributed by atoms with Crippen molar-refractivity contribution in [3.05, 3.63) is 46.4 Å². The monoisotopic (exact) mass is 504 g/mol. The normalized spacial score (nSPS) is 19.8. The Morgan fingerprint density at radius 3 is 1.38 bits per heavy atom. The van der Waals surface area contributed by atoms with Crippen molar-refractivity contribution in [3.63, 3.8) is 0 Å². The van der Waals surface area contributed by atoms with Crippen LogP contribution >= 0.6 is 23.2 Å². The van der Waals surface area contributed by atoms with Crippen LogP contribution in [0.4, 0.5) is 22.7 Å². The molecule has 2 atom stereocenters. The van der Waals surface area contributed by atoms with Crippen LogP contribution in [-0.4, -0.2) is 80.0 Å². The number of piperazine rings is 2. The van der Waals surface area contributed by atoms with Crippen LogP contribution < -0.4 is 21.3 Å². The van der Waals surface area contributed by atoms with Gasteiger partial charge in [0.2, 0.25) is 0 Å². The average Bonchev–Trinajstić information content (AvgIpc) is 2.86. The molecule has 0 aromatic heterocycles. The summed E-state index contributed by atoms with van der Waals surface area (Å²) in [4.78, 5) is 22.5. The third-order valence-corrected chi connectivity index (χ3v) is 7.90. The number of carbonyl (C=O) groups is 1. The van der Waals surface area contributed by atoms with E-state index in [1.807, 2.05) is 50.2 Å². The van der Waals surface area contributed by atoms with Crippen LogP contribution in [0.5, 0.6) is 0 Å². The van der Waals surface area contributed by atoms with Crippen molar-refractivity contribution >= 4 is 51.7 Å². The van der Waals surface area contributed by atoms with Crippen molar-refractivity contribution in [3.8, 4) is 0 Å². The number of Topliss-reactive ketones (excluding diaryl/α,β-unsaturated/α-hetero) is 1. The summed E-state index contributed by atoms with van der Waals surface area (Å²) in [7, 11) is 0. The van der Waals surface area contributed by atoms with E-state index in [1.54, 1.807) is 0 Å².